The summed E-state index contributed by atoms with van der Waals surface area (Å²) in [5.74, 6) is -1.49. The number of hydrogen-bond acceptors (Lipinski definition) is 3. The maximum absolute atomic E-state index is 14.1. The number of nitrogens with one attached hydrogen (secondary N) is 1. The second kappa shape index (κ2) is 6.56. The molecule has 0 aliphatic carbocycles. The number of aromatic nitrogens is 2. The molecule has 138 valence electrons. The van der Waals surface area contributed by atoms with Crippen LogP contribution in [0.25, 0.3) is 22.2 Å². The first-order valence-corrected chi connectivity index (χ1v) is 8.97. The zero-order valence-electron chi connectivity index (χ0n) is 14.9. The molecule has 28 heavy (non-hydrogen) atoms. The highest BCUT2D eigenvalue weighted by Gasteiger charge is 2.20. The SMILES string of the molecule is Fc1cccc(-c2nc3c([nH]2)C=NN(Cc2ccc4ccccc4c2)C3)c1F. The van der Waals surface area contributed by atoms with E-state index in [2.05, 4.69) is 45.4 Å². The number of H-pyrrole nitrogens is 1. The monoisotopic (exact) mass is 374 g/mol. The quantitative estimate of drug-likeness (QED) is 0.557. The molecule has 0 saturated carbocycles. The van der Waals surface area contributed by atoms with Crippen molar-refractivity contribution in [2.75, 3.05) is 0 Å². The Morgan fingerprint density at radius 1 is 0.964 bits per heavy atom. The summed E-state index contributed by atoms with van der Waals surface area (Å²) >= 11 is 0. The molecule has 1 aliphatic heterocycles. The molecule has 1 N–H and O–H groups in total. The van der Waals surface area contributed by atoms with Gasteiger partial charge in [-0.2, -0.15) is 5.10 Å². The van der Waals surface area contributed by atoms with Gasteiger partial charge in [0.25, 0.3) is 0 Å². The number of rotatable bonds is 3. The highest BCUT2D eigenvalue weighted by molar-refractivity contribution is 5.83. The van der Waals surface area contributed by atoms with Crippen molar-refractivity contribution < 1.29 is 8.78 Å². The molecule has 1 aliphatic rings. The molecule has 0 saturated heterocycles. The Morgan fingerprint density at radius 2 is 1.82 bits per heavy atom. The van der Waals surface area contributed by atoms with Crippen LogP contribution in [0.5, 0.6) is 0 Å². The van der Waals surface area contributed by atoms with E-state index in [0.29, 0.717) is 24.6 Å². The minimum Gasteiger partial charge on any atom is -0.337 e. The third-order valence-corrected chi connectivity index (χ3v) is 4.88. The first kappa shape index (κ1) is 16.6. The number of aromatic amines is 1. The van der Waals surface area contributed by atoms with Gasteiger partial charge in [-0.1, -0.05) is 42.5 Å². The Kier molecular flexibility index (Phi) is 3.90. The van der Waals surface area contributed by atoms with Crippen LogP contribution in [0.15, 0.2) is 65.8 Å². The molecule has 6 heteroatoms. The molecule has 0 fully saturated rings. The van der Waals surface area contributed by atoms with Crippen molar-refractivity contribution in [2.24, 2.45) is 5.10 Å². The molecule has 0 bridgehead atoms. The Morgan fingerprint density at radius 3 is 2.71 bits per heavy atom. The van der Waals surface area contributed by atoms with E-state index in [4.69, 9.17) is 0 Å². The summed E-state index contributed by atoms with van der Waals surface area (Å²) in [5.41, 5.74) is 2.73. The van der Waals surface area contributed by atoms with Crippen LogP contribution in [0.2, 0.25) is 0 Å². The Hall–Kier alpha value is -3.54. The zero-order chi connectivity index (χ0) is 19.1. The van der Waals surface area contributed by atoms with Gasteiger partial charge in [-0.15, -0.1) is 0 Å². The summed E-state index contributed by atoms with van der Waals surface area (Å²) in [6, 6.07) is 18.6. The van der Waals surface area contributed by atoms with Crippen LogP contribution in [0.3, 0.4) is 0 Å². The summed E-state index contributed by atoms with van der Waals surface area (Å²) < 4.78 is 27.6. The van der Waals surface area contributed by atoms with Crippen molar-refractivity contribution in [3.8, 4) is 11.4 Å². The van der Waals surface area contributed by atoms with Crippen LogP contribution in [-0.4, -0.2) is 21.2 Å². The molecule has 0 atom stereocenters. The summed E-state index contributed by atoms with van der Waals surface area (Å²) in [4.78, 5) is 7.50. The average Bonchev–Trinajstić information content (AvgIpc) is 3.13. The summed E-state index contributed by atoms with van der Waals surface area (Å²) in [7, 11) is 0. The molecule has 5 rings (SSSR count). The van der Waals surface area contributed by atoms with Crippen molar-refractivity contribution in [1.82, 2.24) is 15.0 Å². The maximum Gasteiger partial charge on any atom is 0.169 e. The minimum absolute atomic E-state index is 0.115. The molecule has 1 aromatic heterocycles. The van der Waals surface area contributed by atoms with Crippen LogP contribution >= 0.6 is 0 Å². The second-order valence-corrected chi connectivity index (χ2v) is 6.80. The summed E-state index contributed by atoms with van der Waals surface area (Å²) in [6.45, 7) is 1.13. The first-order chi connectivity index (χ1) is 13.7. The normalized spacial score (nSPS) is 13.1. The number of imidazole rings is 1. The van der Waals surface area contributed by atoms with Crippen LogP contribution < -0.4 is 0 Å². The zero-order valence-corrected chi connectivity index (χ0v) is 14.9. The van der Waals surface area contributed by atoms with Gasteiger partial charge in [0.1, 0.15) is 5.82 Å². The van der Waals surface area contributed by atoms with Crippen LogP contribution in [-0.2, 0) is 13.1 Å². The van der Waals surface area contributed by atoms with Gasteiger partial charge < -0.3 is 4.98 Å². The lowest BCUT2D eigenvalue weighted by molar-refractivity contribution is 0.265. The van der Waals surface area contributed by atoms with Gasteiger partial charge in [0.05, 0.1) is 36.3 Å². The number of hydrogen-bond donors (Lipinski definition) is 1. The van der Waals surface area contributed by atoms with E-state index in [1.165, 1.54) is 22.9 Å². The third-order valence-electron chi connectivity index (χ3n) is 4.88. The molecule has 0 unspecified atom stereocenters. The fraction of sp³-hybridized carbons (Fsp3) is 0.0909. The molecule has 4 aromatic rings. The number of nitrogens with zero attached hydrogens (tertiary/aromatic N) is 3. The third kappa shape index (κ3) is 2.93. The Labute approximate surface area is 160 Å². The van der Waals surface area contributed by atoms with E-state index >= 15 is 0 Å². The first-order valence-electron chi connectivity index (χ1n) is 8.97. The summed E-state index contributed by atoms with van der Waals surface area (Å²) in [5, 5.41) is 8.75. The molecular weight excluding hydrogens is 358 g/mol. The lowest BCUT2D eigenvalue weighted by Gasteiger charge is -2.21. The number of halogens is 2. The largest absolute Gasteiger partial charge is 0.337 e. The number of hydrazone groups is 1. The summed E-state index contributed by atoms with van der Waals surface area (Å²) in [6.07, 6.45) is 1.67. The van der Waals surface area contributed by atoms with Crippen LogP contribution in [0, 0.1) is 11.6 Å². The van der Waals surface area contributed by atoms with Gasteiger partial charge >= 0.3 is 0 Å². The fourth-order valence-corrected chi connectivity index (χ4v) is 3.46. The molecule has 2 heterocycles. The highest BCUT2D eigenvalue weighted by atomic mass is 19.2. The lowest BCUT2D eigenvalue weighted by Crippen LogP contribution is -2.21. The fourth-order valence-electron chi connectivity index (χ4n) is 3.46. The Bertz CT molecular complexity index is 1210. The van der Waals surface area contributed by atoms with E-state index in [1.54, 1.807) is 6.21 Å². The molecular formula is C22H16F2N4. The smallest absolute Gasteiger partial charge is 0.169 e. The van der Waals surface area contributed by atoms with Crippen LogP contribution in [0.4, 0.5) is 8.78 Å². The molecule has 4 nitrogen and oxygen atoms in total. The van der Waals surface area contributed by atoms with Crippen molar-refractivity contribution in [1.29, 1.82) is 0 Å². The van der Waals surface area contributed by atoms with E-state index in [-0.39, 0.29) is 5.56 Å². The number of benzene rings is 3. The van der Waals surface area contributed by atoms with Crippen molar-refractivity contribution in [3.63, 3.8) is 0 Å². The van der Waals surface area contributed by atoms with Gasteiger partial charge in [0.15, 0.2) is 11.6 Å². The lowest BCUT2D eigenvalue weighted by atomic mass is 10.1. The van der Waals surface area contributed by atoms with E-state index < -0.39 is 11.6 Å². The minimum atomic E-state index is -0.904. The topological polar surface area (TPSA) is 44.3 Å². The average molecular weight is 374 g/mol. The molecule has 0 radical (unpaired) electrons. The molecule has 0 amide bonds. The van der Waals surface area contributed by atoms with Crippen molar-refractivity contribution >= 4 is 17.0 Å². The maximum atomic E-state index is 14.1. The highest BCUT2D eigenvalue weighted by Crippen LogP contribution is 2.25. The Balaban J connectivity index is 1.39. The van der Waals surface area contributed by atoms with E-state index in [9.17, 15) is 8.78 Å². The van der Waals surface area contributed by atoms with E-state index in [1.807, 2.05) is 17.1 Å². The number of fused-ring (bicyclic) bond motifs is 2. The van der Waals surface area contributed by atoms with Crippen LogP contribution in [0.1, 0.15) is 17.0 Å². The van der Waals surface area contributed by atoms with E-state index in [0.717, 1.165) is 17.3 Å². The van der Waals surface area contributed by atoms with Crippen molar-refractivity contribution in [2.45, 2.75) is 13.1 Å². The van der Waals surface area contributed by atoms with Gasteiger partial charge in [0.2, 0.25) is 0 Å². The molecule has 3 aromatic carbocycles. The van der Waals surface area contributed by atoms with Gasteiger partial charge in [-0.05, 0) is 34.5 Å². The standard InChI is InChI=1S/C22H16F2N4/c23-18-7-3-6-17(21(18)24)22-26-19-11-25-28(13-20(19)27-22)12-14-8-9-15-4-1-2-5-16(15)10-14/h1-11H,12-13H2,(H,26,27). The van der Waals surface area contributed by atoms with Gasteiger partial charge in [-0.3, -0.25) is 5.01 Å². The predicted octanol–water partition coefficient (Wildman–Crippen LogP) is 4.86. The second-order valence-electron chi connectivity index (χ2n) is 6.80. The molecule has 0 spiro atoms. The van der Waals surface area contributed by atoms with Crippen molar-refractivity contribution in [3.05, 3.63) is 89.2 Å². The van der Waals surface area contributed by atoms with Gasteiger partial charge in [-0.25, -0.2) is 13.8 Å². The predicted molar refractivity (Wildman–Crippen MR) is 105 cm³/mol. The van der Waals surface area contributed by atoms with Gasteiger partial charge in [0, 0.05) is 0 Å².